The van der Waals surface area contributed by atoms with Gasteiger partial charge in [-0.15, -0.1) is 0 Å². The van der Waals surface area contributed by atoms with E-state index in [1.807, 2.05) is 32.8 Å². The Hall–Kier alpha value is -0.740. The number of rotatable bonds is 7. The number of halogens is 1. The van der Waals surface area contributed by atoms with Crippen molar-refractivity contribution in [3.63, 3.8) is 0 Å². The Balaban J connectivity index is 2.95. The van der Waals surface area contributed by atoms with Crippen LogP contribution >= 0.6 is 15.9 Å². The minimum Gasteiger partial charge on any atom is -0.309 e. The van der Waals surface area contributed by atoms with Crippen LogP contribution in [0.15, 0.2) is 21.6 Å². The minimum absolute atomic E-state index is 0.0139. The molecule has 1 heterocycles. The fraction of sp³-hybridized carbons (Fsp3) is 0.583. The quantitative estimate of drug-likeness (QED) is 0.482. The highest BCUT2D eigenvalue weighted by Crippen LogP contribution is 2.23. The number of hydrazine groups is 1. The zero-order valence-corrected chi connectivity index (χ0v) is 15.0. The van der Waals surface area contributed by atoms with E-state index < -0.39 is 10.0 Å². The molecule has 1 rings (SSSR count). The molecular formula is C12H22BrN5O2S. The smallest absolute Gasteiger partial charge is 0.244 e. The van der Waals surface area contributed by atoms with Gasteiger partial charge in [-0.25, -0.2) is 24.0 Å². The van der Waals surface area contributed by atoms with Crippen LogP contribution in [0.4, 0.5) is 5.82 Å². The molecule has 21 heavy (non-hydrogen) atoms. The van der Waals surface area contributed by atoms with Crippen molar-refractivity contribution in [1.29, 1.82) is 0 Å². The van der Waals surface area contributed by atoms with Crippen LogP contribution in [0.25, 0.3) is 0 Å². The standard InChI is InChI=1S/C12H22BrN5O2S/c1-12(2,8-18(3)4)7-16-21(19,20)10-5-9(13)6-15-11(10)17-14/h5-6,16H,7-8,14H2,1-4H3,(H,15,17). The molecule has 0 fully saturated rings. The van der Waals surface area contributed by atoms with E-state index in [2.05, 4.69) is 31.1 Å². The van der Waals surface area contributed by atoms with Gasteiger partial charge < -0.3 is 10.3 Å². The first kappa shape index (κ1) is 18.3. The Bertz CT molecular complexity index is 589. The second-order valence-electron chi connectivity index (χ2n) is 5.87. The molecule has 0 aliphatic carbocycles. The summed E-state index contributed by atoms with van der Waals surface area (Å²) < 4.78 is 28.0. The zero-order chi connectivity index (χ0) is 16.3. The van der Waals surface area contributed by atoms with E-state index in [1.54, 1.807) is 0 Å². The number of nitrogens with zero attached hydrogens (tertiary/aromatic N) is 2. The number of nitrogens with two attached hydrogens (primary N) is 1. The van der Waals surface area contributed by atoms with Crippen LogP contribution in [0.5, 0.6) is 0 Å². The van der Waals surface area contributed by atoms with E-state index in [0.717, 1.165) is 6.54 Å². The summed E-state index contributed by atoms with van der Waals surface area (Å²) in [7, 11) is 0.201. The molecule has 0 radical (unpaired) electrons. The average Bonchev–Trinajstić information content (AvgIpc) is 2.35. The highest BCUT2D eigenvalue weighted by Gasteiger charge is 2.25. The van der Waals surface area contributed by atoms with Crippen LogP contribution in [-0.4, -0.2) is 45.5 Å². The Kier molecular flexibility index (Phi) is 6.11. The molecule has 1 aromatic rings. The maximum Gasteiger partial charge on any atom is 0.244 e. The molecule has 0 aromatic carbocycles. The molecule has 0 unspecified atom stereocenters. The molecule has 120 valence electrons. The molecule has 0 spiro atoms. The van der Waals surface area contributed by atoms with Gasteiger partial charge in [0.05, 0.1) is 0 Å². The third-order valence-electron chi connectivity index (χ3n) is 2.73. The summed E-state index contributed by atoms with van der Waals surface area (Å²) in [5, 5.41) is 0. The monoisotopic (exact) mass is 379 g/mol. The van der Waals surface area contributed by atoms with Gasteiger partial charge in [0.1, 0.15) is 4.90 Å². The lowest BCUT2D eigenvalue weighted by Crippen LogP contribution is -2.40. The van der Waals surface area contributed by atoms with Crippen molar-refractivity contribution < 1.29 is 8.42 Å². The largest absolute Gasteiger partial charge is 0.309 e. The van der Waals surface area contributed by atoms with Crippen LogP contribution in [0.3, 0.4) is 0 Å². The summed E-state index contributed by atoms with van der Waals surface area (Å²) in [6.45, 7) is 5.06. The Morgan fingerprint density at radius 3 is 2.57 bits per heavy atom. The van der Waals surface area contributed by atoms with Gasteiger partial charge in [0.2, 0.25) is 10.0 Å². The number of nitrogen functional groups attached to an aromatic ring is 1. The SMILES string of the molecule is CN(C)CC(C)(C)CNS(=O)(=O)c1cc(Br)cnc1NN. The number of pyridine rings is 1. The van der Waals surface area contributed by atoms with E-state index in [-0.39, 0.29) is 16.1 Å². The molecular weight excluding hydrogens is 358 g/mol. The topological polar surface area (TPSA) is 100 Å². The first-order valence-electron chi connectivity index (χ1n) is 6.34. The fourth-order valence-corrected chi connectivity index (χ4v) is 3.88. The first-order chi connectivity index (χ1) is 9.57. The number of hydrogen-bond donors (Lipinski definition) is 3. The average molecular weight is 380 g/mol. The summed E-state index contributed by atoms with van der Waals surface area (Å²) >= 11 is 3.21. The maximum atomic E-state index is 12.4. The van der Waals surface area contributed by atoms with Crippen molar-refractivity contribution in [2.75, 3.05) is 32.6 Å². The molecule has 0 saturated heterocycles. The van der Waals surface area contributed by atoms with E-state index in [9.17, 15) is 8.42 Å². The maximum absolute atomic E-state index is 12.4. The molecule has 0 bridgehead atoms. The van der Waals surface area contributed by atoms with Gasteiger partial charge in [-0.3, -0.25) is 0 Å². The third kappa shape index (κ3) is 5.51. The highest BCUT2D eigenvalue weighted by molar-refractivity contribution is 9.10. The normalized spacial score (nSPS) is 12.7. The van der Waals surface area contributed by atoms with Gasteiger partial charge in [-0.1, -0.05) is 13.8 Å². The number of anilines is 1. The second-order valence-corrected chi connectivity index (χ2v) is 8.52. The fourth-order valence-electron chi connectivity index (χ4n) is 2.01. The summed E-state index contributed by atoms with van der Waals surface area (Å²) in [4.78, 5) is 5.98. The van der Waals surface area contributed by atoms with E-state index in [0.29, 0.717) is 11.0 Å². The molecule has 4 N–H and O–H groups in total. The van der Waals surface area contributed by atoms with E-state index in [1.165, 1.54) is 12.3 Å². The third-order valence-corrected chi connectivity index (χ3v) is 4.58. The van der Waals surface area contributed by atoms with Gasteiger partial charge in [-0.05, 0) is 41.5 Å². The summed E-state index contributed by atoms with van der Waals surface area (Å²) in [5.74, 6) is 5.43. The molecule has 0 atom stereocenters. The van der Waals surface area contributed by atoms with Gasteiger partial charge >= 0.3 is 0 Å². The molecule has 0 aliphatic heterocycles. The zero-order valence-electron chi connectivity index (χ0n) is 12.6. The predicted molar refractivity (Wildman–Crippen MR) is 87.3 cm³/mol. The number of aromatic nitrogens is 1. The van der Waals surface area contributed by atoms with Crippen molar-refractivity contribution in [1.82, 2.24) is 14.6 Å². The first-order valence-corrected chi connectivity index (χ1v) is 8.61. The minimum atomic E-state index is -3.70. The van der Waals surface area contributed by atoms with E-state index in [4.69, 9.17) is 5.84 Å². The van der Waals surface area contributed by atoms with Crippen molar-refractivity contribution in [2.24, 2.45) is 11.3 Å². The van der Waals surface area contributed by atoms with Gasteiger partial charge in [0.25, 0.3) is 0 Å². The summed E-state index contributed by atoms with van der Waals surface area (Å²) in [5.41, 5.74) is 2.10. The van der Waals surface area contributed by atoms with E-state index >= 15 is 0 Å². The Morgan fingerprint density at radius 2 is 2.05 bits per heavy atom. The molecule has 0 amide bonds. The van der Waals surface area contributed by atoms with Gasteiger partial charge in [0.15, 0.2) is 5.82 Å². The molecule has 1 aromatic heterocycles. The number of nitrogens with one attached hydrogen (secondary N) is 2. The predicted octanol–water partition coefficient (Wildman–Crippen LogP) is 0.996. The Labute approximate surface area is 134 Å². The van der Waals surface area contributed by atoms with Crippen molar-refractivity contribution >= 4 is 31.8 Å². The van der Waals surface area contributed by atoms with Crippen LogP contribution in [0.2, 0.25) is 0 Å². The molecule has 9 heteroatoms. The van der Waals surface area contributed by atoms with Crippen LogP contribution in [-0.2, 0) is 10.0 Å². The van der Waals surface area contributed by atoms with Crippen molar-refractivity contribution in [2.45, 2.75) is 18.7 Å². The van der Waals surface area contributed by atoms with Gasteiger partial charge in [-0.2, -0.15) is 0 Å². The van der Waals surface area contributed by atoms with Crippen LogP contribution < -0.4 is 16.0 Å². The molecule has 7 nitrogen and oxygen atoms in total. The summed E-state index contributed by atoms with van der Waals surface area (Å²) in [6, 6.07) is 1.46. The van der Waals surface area contributed by atoms with Crippen LogP contribution in [0.1, 0.15) is 13.8 Å². The number of hydrogen-bond acceptors (Lipinski definition) is 6. The van der Waals surface area contributed by atoms with Crippen molar-refractivity contribution in [3.05, 3.63) is 16.7 Å². The van der Waals surface area contributed by atoms with Crippen LogP contribution in [0, 0.1) is 5.41 Å². The lowest BCUT2D eigenvalue weighted by Gasteiger charge is -2.28. The lowest BCUT2D eigenvalue weighted by molar-refractivity contribution is 0.242. The van der Waals surface area contributed by atoms with Gasteiger partial charge in [0, 0.05) is 23.8 Å². The summed E-state index contributed by atoms with van der Waals surface area (Å²) in [6.07, 6.45) is 1.48. The second kappa shape index (κ2) is 7.01. The lowest BCUT2D eigenvalue weighted by atomic mass is 9.93. The van der Waals surface area contributed by atoms with Crippen molar-refractivity contribution in [3.8, 4) is 0 Å². The molecule has 0 aliphatic rings. The highest BCUT2D eigenvalue weighted by atomic mass is 79.9. The Morgan fingerprint density at radius 1 is 1.43 bits per heavy atom. The molecule has 0 saturated carbocycles. The number of sulfonamides is 1.